The van der Waals surface area contributed by atoms with Crippen molar-refractivity contribution in [3.8, 4) is 11.3 Å². The van der Waals surface area contributed by atoms with Crippen LogP contribution in [0.25, 0.3) is 22.4 Å². The minimum Gasteiger partial charge on any atom is -0.368 e. The van der Waals surface area contributed by atoms with Crippen molar-refractivity contribution in [3.05, 3.63) is 18.7 Å². The van der Waals surface area contributed by atoms with Crippen molar-refractivity contribution in [3.63, 3.8) is 0 Å². The summed E-state index contributed by atoms with van der Waals surface area (Å²) in [6.45, 7) is 0.763. The smallest absolute Gasteiger partial charge is 0.222 e. The van der Waals surface area contributed by atoms with Gasteiger partial charge in [0, 0.05) is 18.4 Å². The maximum atomic E-state index is 5.85. The van der Waals surface area contributed by atoms with Crippen LogP contribution < -0.4 is 5.73 Å². The number of H-pyrrole nitrogens is 1. The Morgan fingerprint density at radius 1 is 1.33 bits per heavy atom. The summed E-state index contributed by atoms with van der Waals surface area (Å²) in [6, 6.07) is 0. The molecule has 3 aromatic heterocycles. The molecule has 3 aromatic rings. The van der Waals surface area contributed by atoms with Gasteiger partial charge in [0.05, 0.1) is 12.5 Å². The van der Waals surface area contributed by atoms with Gasteiger partial charge in [-0.25, -0.2) is 9.97 Å². The van der Waals surface area contributed by atoms with Gasteiger partial charge in [0.1, 0.15) is 17.4 Å². The lowest BCUT2D eigenvalue weighted by Crippen LogP contribution is -2.18. The Morgan fingerprint density at radius 3 is 3.05 bits per heavy atom. The van der Waals surface area contributed by atoms with Crippen LogP contribution in [0.5, 0.6) is 0 Å². The van der Waals surface area contributed by atoms with Crippen LogP contribution in [-0.2, 0) is 4.74 Å². The molecular weight excluding hydrogens is 270 g/mol. The molecule has 4 heterocycles. The number of nitrogens with two attached hydrogens (primary N) is 1. The molecule has 1 fully saturated rings. The molecule has 0 aliphatic carbocycles. The first-order valence-corrected chi connectivity index (χ1v) is 6.94. The fraction of sp³-hybridized carbons (Fsp3) is 0.385. The normalized spacial score (nSPS) is 19.1. The van der Waals surface area contributed by atoms with Gasteiger partial charge in [0.15, 0.2) is 5.65 Å². The first kappa shape index (κ1) is 12.3. The Bertz CT molecular complexity index is 758. The fourth-order valence-electron chi connectivity index (χ4n) is 2.67. The molecule has 3 N–H and O–H groups in total. The Labute approximate surface area is 120 Å². The van der Waals surface area contributed by atoms with E-state index in [1.807, 2.05) is 4.57 Å². The van der Waals surface area contributed by atoms with Gasteiger partial charge in [0.25, 0.3) is 0 Å². The summed E-state index contributed by atoms with van der Waals surface area (Å²) in [5, 5.41) is 6.72. The lowest BCUT2D eigenvalue weighted by atomic mass is 10.2. The van der Waals surface area contributed by atoms with E-state index >= 15 is 0 Å². The molecular formula is C13H15N7O. The molecule has 21 heavy (non-hydrogen) atoms. The zero-order valence-electron chi connectivity index (χ0n) is 11.4. The van der Waals surface area contributed by atoms with E-state index in [1.54, 1.807) is 18.7 Å². The molecule has 1 unspecified atom stereocenters. The zero-order valence-corrected chi connectivity index (χ0v) is 11.4. The van der Waals surface area contributed by atoms with Crippen molar-refractivity contribution in [1.29, 1.82) is 0 Å². The van der Waals surface area contributed by atoms with E-state index in [9.17, 15) is 0 Å². The van der Waals surface area contributed by atoms with E-state index in [0.717, 1.165) is 31.4 Å². The van der Waals surface area contributed by atoms with Crippen LogP contribution in [0.4, 0.5) is 5.95 Å². The number of hydrogen-bond donors (Lipinski definition) is 2. The van der Waals surface area contributed by atoms with E-state index in [0.29, 0.717) is 16.9 Å². The molecule has 1 aliphatic rings. The number of hydrogen-bond acceptors (Lipinski definition) is 6. The maximum absolute atomic E-state index is 5.85. The minimum atomic E-state index is -0.0322. The summed E-state index contributed by atoms with van der Waals surface area (Å²) >= 11 is 0. The van der Waals surface area contributed by atoms with Crippen molar-refractivity contribution in [2.75, 3.05) is 12.3 Å². The molecule has 1 aliphatic heterocycles. The van der Waals surface area contributed by atoms with Gasteiger partial charge in [-0.3, -0.25) is 9.67 Å². The van der Waals surface area contributed by atoms with Gasteiger partial charge >= 0.3 is 0 Å². The first-order chi connectivity index (χ1) is 10.3. The highest BCUT2D eigenvalue weighted by Crippen LogP contribution is 2.29. The fourth-order valence-corrected chi connectivity index (χ4v) is 2.67. The highest BCUT2D eigenvalue weighted by Gasteiger charge is 2.21. The van der Waals surface area contributed by atoms with Crippen LogP contribution in [0.2, 0.25) is 0 Å². The van der Waals surface area contributed by atoms with Crippen molar-refractivity contribution in [2.24, 2.45) is 0 Å². The number of anilines is 1. The van der Waals surface area contributed by atoms with Gasteiger partial charge in [-0.15, -0.1) is 0 Å². The minimum absolute atomic E-state index is 0.0322. The molecule has 0 saturated carbocycles. The van der Waals surface area contributed by atoms with Gasteiger partial charge in [-0.05, 0) is 19.3 Å². The third kappa shape index (κ3) is 2.04. The number of rotatable bonds is 2. The second kappa shape index (κ2) is 4.81. The number of imidazole rings is 1. The summed E-state index contributed by atoms with van der Waals surface area (Å²) in [6.07, 6.45) is 8.36. The number of aromatic amines is 1. The van der Waals surface area contributed by atoms with Gasteiger partial charge in [0.2, 0.25) is 5.95 Å². The first-order valence-electron chi connectivity index (χ1n) is 6.94. The summed E-state index contributed by atoms with van der Waals surface area (Å²) < 4.78 is 7.74. The predicted molar refractivity (Wildman–Crippen MR) is 76.2 cm³/mol. The van der Waals surface area contributed by atoms with Crippen molar-refractivity contribution < 1.29 is 4.74 Å². The largest absolute Gasteiger partial charge is 0.368 e. The Balaban J connectivity index is 1.88. The van der Waals surface area contributed by atoms with E-state index < -0.39 is 0 Å². The predicted octanol–water partition coefficient (Wildman–Crippen LogP) is 1.50. The molecule has 8 nitrogen and oxygen atoms in total. The standard InChI is InChI=1S/C13H15N7O/c14-13-18-10(8-5-16-17-6-8)11-12(19-13)20(7-15-11)9-3-1-2-4-21-9/h5-7,9H,1-4H2,(H,16,17)(H2,14,18,19). The molecule has 1 atom stereocenters. The van der Waals surface area contributed by atoms with Crippen molar-refractivity contribution >= 4 is 17.1 Å². The molecule has 4 rings (SSSR count). The molecule has 108 valence electrons. The number of nitrogen functional groups attached to an aromatic ring is 1. The SMILES string of the molecule is Nc1nc(-c2cn[nH]c2)c2ncn(C3CCCCO3)c2n1. The number of nitrogens with zero attached hydrogens (tertiary/aromatic N) is 5. The topological polar surface area (TPSA) is 108 Å². The monoisotopic (exact) mass is 285 g/mol. The van der Waals surface area contributed by atoms with E-state index in [1.165, 1.54) is 0 Å². The molecule has 0 spiro atoms. The Morgan fingerprint density at radius 2 is 2.29 bits per heavy atom. The summed E-state index contributed by atoms with van der Waals surface area (Å²) in [5.41, 5.74) is 8.78. The number of ether oxygens (including phenoxy) is 1. The molecule has 8 heteroatoms. The Hall–Kier alpha value is -2.48. The molecule has 0 aromatic carbocycles. The van der Waals surface area contributed by atoms with E-state index in [-0.39, 0.29) is 12.2 Å². The number of fused-ring (bicyclic) bond motifs is 1. The summed E-state index contributed by atoms with van der Waals surface area (Å²) in [5.74, 6) is 0.219. The second-order valence-electron chi connectivity index (χ2n) is 5.06. The van der Waals surface area contributed by atoms with Gasteiger partial charge < -0.3 is 10.5 Å². The van der Waals surface area contributed by atoms with Gasteiger partial charge in [-0.2, -0.15) is 10.1 Å². The number of aromatic nitrogens is 6. The highest BCUT2D eigenvalue weighted by atomic mass is 16.5. The van der Waals surface area contributed by atoms with Crippen LogP contribution in [0.3, 0.4) is 0 Å². The quantitative estimate of drug-likeness (QED) is 0.738. The molecule has 0 amide bonds. The third-order valence-electron chi connectivity index (χ3n) is 3.68. The molecule has 0 radical (unpaired) electrons. The van der Waals surface area contributed by atoms with Gasteiger partial charge in [-0.1, -0.05) is 0 Å². The van der Waals surface area contributed by atoms with Crippen LogP contribution >= 0.6 is 0 Å². The van der Waals surface area contributed by atoms with Crippen LogP contribution in [0.1, 0.15) is 25.5 Å². The Kier molecular flexibility index (Phi) is 2.81. The second-order valence-corrected chi connectivity index (χ2v) is 5.06. The average Bonchev–Trinajstić information content (AvgIpc) is 3.17. The maximum Gasteiger partial charge on any atom is 0.222 e. The van der Waals surface area contributed by atoms with E-state index in [2.05, 4.69) is 25.1 Å². The summed E-state index contributed by atoms with van der Waals surface area (Å²) in [4.78, 5) is 13.1. The summed E-state index contributed by atoms with van der Waals surface area (Å²) in [7, 11) is 0. The highest BCUT2D eigenvalue weighted by molar-refractivity contribution is 5.87. The van der Waals surface area contributed by atoms with Crippen molar-refractivity contribution in [2.45, 2.75) is 25.5 Å². The average molecular weight is 285 g/mol. The third-order valence-corrected chi connectivity index (χ3v) is 3.68. The molecule has 0 bridgehead atoms. The van der Waals surface area contributed by atoms with Crippen LogP contribution in [0.15, 0.2) is 18.7 Å². The number of nitrogens with one attached hydrogen (secondary N) is 1. The van der Waals surface area contributed by atoms with E-state index in [4.69, 9.17) is 10.5 Å². The lowest BCUT2D eigenvalue weighted by molar-refractivity contribution is -0.0298. The zero-order chi connectivity index (χ0) is 14.2. The van der Waals surface area contributed by atoms with Crippen LogP contribution in [-0.4, -0.2) is 36.3 Å². The molecule has 1 saturated heterocycles. The van der Waals surface area contributed by atoms with Crippen molar-refractivity contribution in [1.82, 2.24) is 29.7 Å². The van der Waals surface area contributed by atoms with Crippen LogP contribution in [0, 0.1) is 0 Å². The lowest BCUT2D eigenvalue weighted by Gasteiger charge is -2.23.